The summed E-state index contributed by atoms with van der Waals surface area (Å²) in [4.78, 5) is 0. The predicted molar refractivity (Wildman–Crippen MR) is 59.5 cm³/mol. The lowest BCUT2D eigenvalue weighted by Gasteiger charge is -2.16. The topological polar surface area (TPSA) is 12.0 Å². The van der Waals surface area contributed by atoms with E-state index in [1.54, 1.807) is 5.56 Å². The van der Waals surface area contributed by atoms with Crippen LogP contribution in [0.3, 0.4) is 0 Å². The lowest BCUT2D eigenvalue weighted by atomic mass is 10.0. The van der Waals surface area contributed by atoms with Gasteiger partial charge in [-0.25, -0.2) is 0 Å². The minimum Gasteiger partial charge on any atom is -0.385 e. The fourth-order valence-electron chi connectivity index (χ4n) is 3.19. The molecule has 1 fully saturated rings. The van der Waals surface area contributed by atoms with Crippen LogP contribution < -0.4 is 5.32 Å². The fraction of sp³-hybridized carbons (Fsp3) is 0.538. The summed E-state index contributed by atoms with van der Waals surface area (Å²) < 4.78 is 0. The van der Waals surface area contributed by atoms with Crippen molar-refractivity contribution in [3.05, 3.63) is 29.8 Å². The van der Waals surface area contributed by atoms with E-state index >= 15 is 0 Å². The molecule has 74 valence electrons. The van der Waals surface area contributed by atoms with Crippen molar-refractivity contribution in [2.45, 2.75) is 19.8 Å². The Balaban J connectivity index is 1.97. The molecule has 3 unspecified atom stereocenters. The molecule has 3 rings (SSSR count). The molecule has 0 amide bonds. The van der Waals surface area contributed by atoms with Gasteiger partial charge in [0.1, 0.15) is 0 Å². The molecule has 1 aliphatic heterocycles. The van der Waals surface area contributed by atoms with Crippen molar-refractivity contribution in [3.8, 4) is 0 Å². The van der Waals surface area contributed by atoms with Gasteiger partial charge in [0.2, 0.25) is 0 Å². The molecular formula is C13H17N. The second kappa shape index (κ2) is 2.75. The van der Waals surface area contributed by atoms with Gasteiger partial charge >= 0.3 is 0 Å². The Morgan fingerprint density at radius 1 is 1.29 bits per heavy atom. The van der Waals surface area contributed by atoms with E-state index in [1.165, 1.54) is 12.2 Å². The number of anilines is 1. The Labute approximate surface area is 85.5 Å². The third kappa shape index (κ3) is 1.01. The summed E-state index contributed by atoms with van der Waals surface area (Å²) in [5, 5.41) is 3.54. The molecule has 0 spiro atoms. The van der Waals surface area contributed by atoms with E-state index in [0.717, 1.165) is 23.7 Å². The number of rotatable bonds is 1. The lowest BCUT2D eigenvalue weighted by molar-refractivity contribution is 0.521. The maximum absolute atomic E-state index is 3.54. The summed E-state index contributed by atoms with van der Waals surface area (Å²) >= 11 is 0. The van der Waals surface area contributed by atoms with Crippen LogP contribution >= 0.6 is 0 Å². The van der Waals surface area contributed by atoms with Crippen molar-refractivity contribution in [2.24, 2.45) is 17.8 Å². The Bertz CT molecular complexity index is 356. The van der Waals surface area contributed by atoms with E-state index in [-0.39, 0.29) is 0 Å². The fourth-order valence-corrected chi connectivity index (χ4v) is 3.19. The highest BCUT2D eigenvalue weighted by Gasteiger charge is 2.54. The van der Waals surface area contributed by atoms with E-state index < -0.39 is 0 Å². The van der Waals surface area contributed by atoms with Crippen LogP contribution in [0.1, 0.15) is 25.3 Å². The molecule has 1 nitrogen and oxygen atoms in total. The first kappa shape index (κ1) is 8.34. The highest BCUT2D eigenvalue weighted by Crippen LogP contribution is 2.60. The minimum absolute atomic E-state index is 0.831. The van der Waals surface area contributed by atoms with Crippen LogP contribution in [-0.4, -0.2) is 6.54 Å². The first-order chi connectivity index (χ1) is 6.79. The van der Waals surface area contributed by atoms with Gasteiger partial charge in [-0.3, -0.25) is 0 Å². The summed E-state index contributed by atoms with van der Waals surface area (Å²) in [6.45, 7) is 5.89. The smallest absolute Gasteiger partial charge is 0.0375 e. The van der Waals surface area contributed by atoms with Gasteiger partial charge in [0.05, 0.1) is 0 Å². The molecule has 2 aliphatic rings. The molecule has 0 radical (unpaired) electrons. The van der Waals surface area contributed by atoms with Crippen molar-refractivity contribution in [1.82, 2.24) is 0 Å². The molecule has 1 saturated carbocycles. The lowest BCUT2D eigenvalue weighted by Crippen LogP contribution is -2.11. The van der Waals surface area contributed by atoms with Crippen LogP contribution in [0.4, 0.5) is 5.69 Å². The van der Waals surface area contributed by atoms with Gasteiger partial charge in [-0.1, -0.05) is 32.0 Å². The van der Waals surface area contributed by atoms with Gasteiger partial charge in [-0.15, -0.1) is 0 Å². The third-order valence-electron chi connectivity index (χ3n) is 3.85. The second-order valence-corrected chi connectivity index (χ2v) is 4.98. The Kier molecular flexibility index (Phi) is 1.64. The highest BCUT2D eigenvalue weighted by molar-refractivity contribution is 5.58. The van der Waals surface area contributed by atoms with E-state index in [0.29, 0.717) is 0 Å². The van der Waals surface area contributed by atoms with Crippen LogP contribution in [0.2, 0.25) is 0 Å². The number of para-hydroxylation sites is 1. The summed E-state index contributed by atoms with van der Waals surface area (Å²) in [5.74, 6) is 3.52. The van der Waals surface area contributed by atoms with Crippen molar-refractivity contribution < 1.29 is 0 Å². The molecule has 3 atom stereocenters. The molecule has 1 heteroatoms. The Morgan fingerprint density at radius 3 is 2.86 bits per heavy atom. The zero-order chi connectivity index (χ0) is 9.71. The zero-order valence-electron chi connectivity index (χ0n) is 8.83. The Hall–Kier alpha value is -0.980. The van der Waals surface area contributed by atoms with Crippen molar-refractivity contribution in [1.29, 1.82) is 0 Å². The van der Waals surface area contributed by atoms with Gasteiger partial charge in [-0.05, 0) is 35.3 Å². The molecule has 1 aromatic carbocycles. The van der Waals surface area contributed by atoms with E-state index in [2.05, 4.69) is 43.4 Å². The minimum atomic E-state index is 0.831. The maximum Gasteiger partial charge on any atom is 0.0375 e. The first-order valence-electron chi connectivity index (χ1n) is 5.62. The SMILES string of the molecule is CC(C)C1C2CNc3ccccc3C21. The number of nitrogens with one attached hydrogen (secondary N) is 1. The average molecular weight is 187 g/mol. The largest absolute Gasteiger partial charge is 0.385 e. The summed E-state index contributed by atoms with van der Waals surface area (Å²) in [6.07, 6.45) is 0. The number of benzene rings is 1. The van der Waals surface area contributed by atoms with Crippen LogP contribution in [0.5, 0.6) is 0 Å². The molecule has 1 N–H and O–H groups in total. The quantitative estimate of drug-likeness (QED) is 0.712. The second-order valence-electron chi connectivity index (χ2n) is 4.98. The standard InChI is InChI=1S/C13H17N/c1-8(2)12-10-7-14-11-6-4-3-5-9(11)13(10)12/h3-6,8,10,12-14H,7H2,1-2H3. The molecule has 0 aromatic heterocycles. The highest BCUT2D eigenvalue weighted by atomic mass is 14.9. The van der Waals surface area contributed by atoms with E-state index in [9.17, 15) is 0 Å². The normalized spacial score (nSPS) is 33.2. The third-order valence-corrected chi connectivity index (χ3v) is 3.85. The van der Waals surface area contributed by atoms with Gasteiger partial charge in [0.25, 0.3) is 0 Å². The zero-order valence-corrected chi connectivity index (χ0v) is 8.83. The van der Waals surface area contributed by atoms with Gasteiger partial charge in [0, 0.05) is 12.2 Å². The molecule has 1 aliphatic carbocycles. The number of hydrogen-bond donors (Lipinski definition) is 1. The summed E-state index contributed by atoms with van der Waals surface area (Å²) in [6, 6.07) is 8.79. The first-order valence-corrected chi connectivity index (χ1v) is 5.62. The number of fused-ring (bicyclic) bond motifs is 3. The maximum atomic E-state index is 3.54. The molecule has 1 aromatic rings. The monoisotopic (exact) mass is 187 g/mol. The molecule has 0 saturated heterocycles. The Morgan fingerprint density at radius 2 is 2.07 bits per heavy atom. The van der Waals surface area contributed by atoms with Gasteiger partial charge < -0.3 is 5.32 Å². The molecular weight excluding hydrogens is 170 g/mol. The van der Waals surface area contributed by atoms with E-state index in [1.807, 2.05) is 0 Å². The van der Waals surface area contributed by atoms with Crippen molar-refractivity contribution in [3.63, 3.8) is 0 Å². The molecule has 14 heavy (non-hydrogen) atoms. The average Bonchev–Trinajstić information content (AvgIpc) is 2.92. The molecule has 1 heterocycles. The van der Waals surface area contributed by atoms with Gasteiger partial charge in [0.15, 0.2) is 0 Å². The predicted octanol–water partition coefficient (Wildman–Crippen LogP) is 3.10. The van der Waals surface area contributed by atoms with E-state index in [4.69, 9.17) is 0 Å². The van der Waals surface area contributed by atoms with Crippen molar-refractivity contribution in [2.75, 3.05) is 11.9 Å². The summed E-state index contributed by atoms with van der Waals surface area (Å²) in [5.41, 5.74) is 2.93. The van der Waals surface area contributed by atoms with Crippen LogP contribution in [0.15, 0.2) is 24.3 Å². The van der Waals surface area contributed by atoms with Crippen LogP contribution in [0, 0.1) is 17.8 Å². The molecule has 0 bridgehead atoms. The van der Waals surface area contributed by atoms with Crippen molar-refractivity contribution >= 4 is 5.69 Å². The van der Waals surface area contributed by atoms with Gasteiger partial charge in [-0.2, -0.15) is 0 Å². The van der Waals surface area contributed by atoms with Crippen LogP contribution in [0.25, 0.3) is 0 Å². The number of hydrogen-bond acceptors (Lipinski definition) is 1. The van der Waals surface area contributed by atoms with Crippen LogP contribution in [-0.2, 0) is 0 Å². The summed E-state index contributed by atoms with van der Waals surface area (Å²) in [7, 11) is 0.